The molecule has 2 heterocycles. The van der Waals surface area contributed by atoms with E-state index in [4.69, 9.17) is 11.6 Å². The summed E-state index contributed by atoms with van der Waals surface area (Å²) in [5.41, 5.74) is -0.879. The van der Waals surface area contributed by atoms with Gasteiger partial charge in [0.15, 0.2) is 5.69 Å². The predicted octanol–water partition coefficient (Wildman–Crippen LogP) is 2.88. The third-order valence-electron chi connectivity index (χ3n) is 3.54. The first-order valence-electron chi connectivity index (χ1n) is 7.31. The van der Waals surface area contributed by atoms with E-state index in [1.165, 1.54) is 37.1 Å². The molecule has 0 spiro atoms. The fraction of sp³-hybridized carbons (Fsp3) is 0.333. The number of pyridine rings is 1. The third-order valence-corrected chi connectivity index (χ3v) is 4.00. The highest BCUT2D eigenvalue weighted by Crippen LogP contribution is 2.35. The van der Waals surface area contributed by atoms with Crippen molar-refractivity contribution in [1.82, 2.24) is 14.8 Å². The van der Waals surface area contributed by atoms with Crippen molar-refractivity contribution < 1.29 is 22.8 Å². The van der Waals surface area contributed by atoms with Crippen LogP contribution in [0, 0.1) is 6.92 Å². The van der Waals surface area contributed by atoms with Gasteiger partial charge < -0.3 is 10.2 Å². The van der Waals surface area contributed by atoms with Crippen molar-refractivity contribution in [2.24, 2.45) is 0 Å². The fourth-order valence-electron chi connectivity index (χ4n) is 2.02. The van der Waals surface area contributed by atoms with Crippen LogP contribution in [-0.2, 0) is 22.3 Å². The Morgan fingerprint density at radius 1 is 1.35 bits per heavy atom. The van der Waals surface area contributed by atoms with E-state index in [2.05, 4.69) is 15.4 Å². The Morgan fingerprint density at radius 2 is 2.00 bits per heavy atom. The van der Waals surface area contributed by atoms with Crippen LogP contribution in [0.25, 0.3) is 0 Å². The molecule has 11 heteroatoms. The summed E-state index contributed by atoms with van der Waals surface area (Å²) in [5, 5.41) is 5.31. The van der Waals surface area contributed by atoms with Crippen LogP contribution in [0.2, 0.25) is 5.02 Å². The lowest BCUT2D eigenvalue weighted by molar-refractivity contribution is -0.141. The summed E-state index contributed by atoms with van der Waals surface area (Å²) in [6, 6.07) is 3.04. The monoisotopic (exact) mass is 389 g/mol. The maximum atomic E-state index is 12.8. The number of aromatic nitrogens is 3. The highest BCUT2D eigenvalue weighted by atomic mass is 35.5. The number of hydrogen-bond acceptors (Lipinski definition) is 4. The molecular weight excluding hydrogens is 375 g/mol. The minimum atomic E-state index is -4.70. The molecule has 0 fully saturated rings. The van der Waals surface area contributed by atoms with E-state index >= 15 is 0 Å². The largest absolute Gasteiger partial charge is 0.436 e. The number of rotatable bonds is 4. The van der Waals surface area contributed by atoms with Crippen molar-refractivity contribution >= 4 is 34.9 Å². The number of carbonyl (C=O) groups is 2. The average molecular weight is 390 g/mol. The Labute approximate surface area is 151 Å². The molecule has 2 aromatic heterocycles. The SMILES string of the molecule is CC(=O)N(C)c1ccc(NC(=O)Cn2nc(C(F)(F)F)c(Cl)c2C)cn1. The van der Waals surface area contributed by atoms with Crippen molar-refractivity contribution in [1.29, 1.82) is 0 Å². The number of alkyl halides is 3. The number of carbonyl (C=O) groups excluding carboxylic acids is 2. The van der Waals surface area contributed by atoms with Crippen LogP contribution < -0.4 is 10.2 Å². The molecule has 0 saturated carbocycles. The molecule has 140 valence electrons. The van der Waals surface area contributed by atoms with Gasteiger partial charge in [-0.05, 0) is 19.1 Å². The molecule has 0 atom stereocenters. The van der Waals surface area contributed by atoms with E-state index in [9.17, 15) is 22.8 Å². The summed E-state index contributed by atoms with van der Waals surface area (Å²) >= 11 is 5.64. The smallest absolute Gasteiger partial charge is 0.323 e. The molecule has 7 nitrogen and oxygen atoms in total. The summed E-state index contributed by atoms with van der Waals surface area (Å²) in [6.45, 7) is 2.27. The second kappa shape index (κ2) is 7.32. The first-order valence-corrected chi connectivity index (χ1v) is 7.68. The van der Waals surface area contributed by atoms with E-state index in [0.717, 1.165) is 4.68 Å². The summed E-state index contributed by atoms with van der Waals surface area (Å²) in [7, 11) is 1.55. The molecule has 0 aliphatic carbocycles. The normalized spacial score (nSPS) is 11.3. The van der Waals surface area contributed by atoms with Gasteiger partial charge in [0.05, 0.1) is 22.6 Å². The molecule has 0 bridgehead atoms. The number of hydrogen-bond donors (Lipinski definition) is 1. The first kappa shape index (κ1) is 19.7. The van der Waals surface area contributed by atoms with Gasteiger partial charge in [0.1, 0.15) is 12.4 Å². The van der Waals surface area contributed by atoms with Crippen LogP contribution in [0.4, 0.5) is 24.7 Å². The van der Waals surface area contributed by atoms with Crippen molar-refractivity contribution in [2.75, 3.05) is 17.3 Å². The van der Waals surface area contributed by atoms with Gasteiger partial charge in [-0.25, -0.2) is 4.98 Å². The molecule has 0 aromatic carbocycles. The van der Waals surface area contributed by atoms with Gasteiger partial charge in [0.2, 0.25) is 11.8 Å². The lowest BCUT2D eigenvalue weighted by atomic mass is 10.3. The van der Waals surface area contributed by atoms with Gasteiger partial charge >= 0.3 is 6.18 Å². The van der Waals surface area contributed by atoms with Crippen LogP contribution in [0.5, 0.6) is 0 Å². The quantitative estimate of drug-likeness (QED) is 0.872. The van der Waals surface area contributed by atoms with Crippen LogP contribution in [0.1, 0.15) is 18.3 Å². The molecule has 2 amide bonds. The van der Waals surface area contributed by atoms with Crippen molar-refractivity contribution in [2.45, 2.75) is 26.6 Å². The van der Waals surface area contributed by atoms with E-state index in [0.29, 0.717) is 11.5 Å². The summed E-state index contributed by atoms with van der Waals surface area (Å²) in [5.74, 6) is -0.420. The molecular formula is C15H15ClF3N5O2. The lowest BCUT2D eigenvalue weighted by Crippen LogP contribution is -2.24. The third kappa shape index (κ3) is 4.31. The van der Waals surface area contributed by atoms with E-state index in [1.807, 2.05) is 0 Å². The lowest BCUT2D eigenvalue weighted by Gasteiger charge is -2.14. The van der Waals surface area contributed by atoms with Gasteiger partial charge in [-0.15, -0.1) is 0 Å². The Kier molecular flexibility index (Phi) is 5.55. The Bertz CT molecular complexity index is 833. The van der Waals surface area contributed by atoms with Gasteiger partial charge in [-0.1, -0.05) is 11.6 Å². The molecule has 2 rings (SSSR count). The van der Waals surface area contributed by atoms with Gasteiger partial charge in [-0.3, -0.25) is 14.3 Å². The minimum absolute atomic E-state index is 0.0331. The first-order chi connectivity index (χ1) is 12.0. The van der Waals surface area contributed by atoms with Crippen LogP contribution in [0.3, 0.4) is 0 Å². The molecule has 26 heavy (non-hydrogen) atoms. The summed E-state index contributed by atoms with van der Waals surface area (Å²) in [4.78, 5) is 28.6. The highest BCUT2D eigenvalue weighted by molar-refractivity contribution is 6.32. The van der Waals surface area contributed by atoms with Crippen LogP contribution >= 0.6 is 11.6 Å². The zero-order valence-electron chi connectivity index (χ0n) is 14.1. The number of nitrogens with one attached hydrogen (secondary N) is 1. The predicted molar refractivity (Wildman–Crippen MR) is 88.9 cm³/mol. The summed E-state index contributed by atoms with van der Waals surface area (Å²) < 4.78 is 39.2. The molecule has 0 saturated heterocycles. The zero-order valence-corrected chi connectivity index (χ0v) is 14.8. The molecule has 0 unspecified atom stereocenters. The van der Waals surface area contributed by atoms with Crippen molar-refractivity contribution in [3.05, 3.63) is 34.7 Å². The summed E-state index contributed by atoms with van der Waals surface area (Å²) in [6.07, 6.45) is -3.37. The van der Waals surface area contributed by atoms with Gasteiger partial charge in [0, 0.05) is 14.0 Å². The molecule has 2 aromatic rings. The van der Waals surface area contributed by atoms with Crippen molar-refractivity contribution in [3.63, 3.8) is 0 Å². The topological polar surface area (TPSA) is 80.1 Å². The molecule has 0 aliphatic rings. The minimum Gasteiger partial charge on any atom is -0.323 e. The number of halogens is 4. The second-order valence-electron chi connectivity index (χ2n) is 5.43. The maximum Gasteiger partial charge on any atom is 0.436 e. The Hall–Kier alpha value is -2.62. The number of anilines is 2. The number of nitrogens with zero attached hydrogens (tertiary/aromatic N) is 4. The number of amides is 2. The van der Waals surface area contributed by atoms with Gasteiger partial charge in [-0.2, -0.15) is 18.3 Å². The van der Waals surface area contributed by atoms with E-state index < -0.39 is 29.3 Å². The second-order valence-corrected chi connectivity index (χ2v) is 5.81. The van der Waals surface area contributed by atoms with Gasteiger partial charge in [0.25, 0.3) is 0 Å². The molecule has 0 aliphatic heterocycles. The van der Waals surface area contributed by atoms with E-state index in [-0.39, 0.29) is 11.6 Å². The molecule has 1 N–H and O–H groups in total. The molecule has 0 radical (unpaired) electrons. The fourth-order valence-corrected chi connectivity index (χ4v) is 2.26. The van der Waals surface area contributed by atoms with Crippen LogP contribution in [0.15, 0.2) is 18.3 Å². The van der Waals surface area contributed by atoms with Crippen LogP contribution in [-0.4, -0.2) is 33.6 Å². The zero-order chi connectivity index (χ0) is 19.6. The standard InChI is InChI=1S/C15H15ClF3N5O2/c1-8-13(16)14(15(17,18)19)22-24(8)7-12(26)21-10-4-5-11(20-6-10)23(3)9(2)25/h4-6H,7H2,1-3H3,(H,21,26). The van der Waals surface area contributed by atoms with Crippen molar-refractivity contribution in [3.8, 4) is 0 Å². The highest BCUT2D eigenvalue weighted by Gasteiger charge is 2.38. The Balaban J connectivity index is 2.09. The Morgan fingerprint density at radius 3 is 2.46 bits per heavy atom. The average Bonchev–Trinajstić information content (AvgIpc) is 2.83. The van der Waals surface area contributed by atoms with E-state index in [1.54, 1.807) is 7.05 Å². The maximum absolute atomic E-state index is 12.8.